The Labute approximate surface area is 92.8 Å². The molecule has 0 aromatic carbocycles. The first-order valence-corrected chi connectivity index (χ1v) is 4.50. The molecule has 0 bridgehead atoms. The van der Waals surface area contributed by atoms with E-state index in [9.17, 15) is 0 Å². The fourth-order valence-corrected chi connectivity index (χ4v) is 1.33. The highest BCUT2D eigenvalue weighted by Crippen LogP contribution is 2.17. The van der Waals surface area contributed by atoms with Gasteiger partial charge in [-0.2, -0.15) is 0 Å². The molecule has 1 heterocycles. The molecule has 1 atom stereocenters. The van der Waals surface area contributed by atoms with Crippen LogP contribution in [0, 0.1) is 0 Å². The number of rotatable bonds is 3. The number of nitrogens with zero attached hydrogens (tertiary/aromatic N) is 1. The highest BCUT2D eigenvalue weighted by atomic mass is 79.9. The lowest BCUT2D eigenvalue weighted by Crippen LogP contribution is -2.09. The Kier molecular flexibility index (Phi) is 5.95. The van der Waals surface area contributed by atoms with Crippen molar-refractivity contribution < 1.29 is 0 Å². The Balaban J connectivity index is 0.00000144. The first kappa shape index (κ1) is 12.6. The van der Waals surface area contributed by atoms with Gasteiger partial charge < -0.3 is 5.73 Å². The predicted octanol–water partition coefficient (Wildman–Crippen LogP) is 2.84. The molecule has 72 valence electrons. The van der Waals surface area contributed by atoms with Gasteiger partial charge >= 0.3 is 0 Å². The van der Waals surface area contributed by atoms with Crippen molar-refractivity contribution >= 4 is 28.3 Å². The zero-order valence-corrected chi connectivity index (χ0v) is 9.51. The molecule has 4 heteroatoms. The number of pyridine rings is 1. The number of halogens is 2. The summed E-state index contributed by atoms with van der Waals surface area (Å²) < 4.78 is 0.958. The van der Waals surface area contributed by atoms with E-state index < -0.39 is 0 Å². The molecular weight excluding hydrogens is 251 g/mol. The first-order valence-electron chi connectivity index (χ1n) is 3.71. The third-order valence-corrected chi connectivity index (χ3v) is 2.01. The third-order valence-electron chi connectivity index (χ3n) is 1.57. The van der Waals surface area contributed by atoms with Crippen LogP contribution in [-0.2, 0) is 0 Å². The number of aromatic nitrogens is 1. The van der Waals surface area contributed by atoms with Gasteiger partial charge in [-0.05, 0) is 34.0 Å². The van der Waals surface area contributed by atoms with Gasteiger partial charge in [-0.3, -0.25) is 4.98 Å². The van der Waals surface area contributed by atoms with Crippen molar-refractivity contribution in [3.05, 3.63) is 41.2 Å². The molecule has 0 spiro atoms. The Bertz CT molecular complexity index is 278. The summed E-state index contributed by atoms with van der Waals surface area (Å²) in [6, 6.07) is 1.98. The van der Waals surface area contributed by atoms with Gasteiger partial charge in [0.05, 0.1) is 0 Å². The van der Waals surface area contributed by atoms with Crippen LogP contribution >= 0.6 is 28.3 Å². The molecule has 0 saturated carbocycles. The van der Waals surface area contributed by atoms with Gasteiger partial charge in [-0.1, -0.05) is 6.08 Å². The Morgan fingerprint density at radius 1 is 1.62 bits per heavy atom. The molecule has 1 aromatic heterocycles. The molecule has 0 amide bonds. The summed E-state index contributed by atoms with van der Waals surface area (Å²) in [6.07, 6.45) is 6.10. The van der Waals surface area contributed by atoms with Crippen LogP contribution in [0.3, 0.4) is 0 Å². The van der Waals surface area contributed by atoms with Gasteiger partial charge in [0.25, 0.3) is 0 Å². The lowest BCUT2D eigenvalue weighted by Gasteiger charge is -2.08. The highest BCUT2D eigenvalue weighted by Gasteiger charge is 2.03. The van der Waals surface area contributed by atoms with E-state index in [0.29, 0.717) is 0 Å². The number of nitrogens with two attached hydrogens (primary N) is 1. The lowest BCUT2D eigenvalue weighted by atomic mass is 10.1. The van der Waals surface area contributed by atoms with E-state index in [1.54, 1.807) is 12.4 Å². The van der Waals surface area contributed by atoms with Crippen LogP contribution in [0.25, 0.3) is 0 Å². The van der Waals surface area contributed by atoms with Crippen LogP contribution in [-0.4, -0.2) is 4.98 Å². The van der Waals surface area contributed by atoms with Crippen molar-refractivity contribution in [1.82, 2.24) is 4.98 Å². The number of hydrogen-bond acceptors (Lipinski definition) is 2. The summed E-state index contributed by atoms with van der Waals surface area (Å²) in [5.41, 5.74) is 6.87. The van der Waals surface area contributed by atoms with E-state index in [0.717, 1.165) is 16.5 Å². The summed E-state index contributed by atoms with van der Waals surface area (Å²) in [6.45, 7) is 3.64. The van der Waals surface area contributed by atoms with Crippen molar-refractivity contribution in [2.75, 3.05) is 0 Å². The van der Waals surface area contributed by atoms with E-state index in [2.05, 4.69) is 27.5 Å². The van der Waals surface area contributed by atoms with Gasteiger partial charge in [0.1, 0.15) is 0 Å². The fourth-order valence-electron chi connectivity index (χ4n) is 0.947. The standard InChI is InChI=1S/C9H11BrN2.ClH/c1-2-3-9(11)7-4-8(10)6-12-5-7;/h2,4-6,9H,1,3,11H2;1H/t9-;/m1./s1. The summed E-state index contributed by atoms with van der Waals surface area (Å²) in [5.74, 6) is 0. The van der Waals surface area contributed by atoms with Crippen LogP contribution in [0.15, 0.2) is 35.6 Å². The van der Waals surface area contributed by atoms with Gasteiger partial charge in [0, 0.05) is 22.9 Å². The second-order valence-electron chi connectivity index (χ2n) is 2.57. The molecule has 1 aromatic rings. The normalized spacial score (nSPS) is 11.5. The lowest BCUT2D eigenvalue weighted by molar-refractivity contribution is 0.736. The maximum atomic E-state index is 5.84. The Morgan fingerprint density at radius 3 is 2.85 bits per heavy atom. The Hall–Kier alpha value is -0.380. The average molecular weight is 264 g/mol. The zero-order chi connectivity index (χ0) is 8.97. The molecule has 0 aliphatic rings. The van der Waals surface area contributed by atoms with Crippen LogP contribution < -0.4 is 5.73 Å². The third kappa shape index (κ3) is 3.89. The molecule has 0 aliphatic heterocycles. The maximum absolute atomic E-state index is 5.84. The molecule has 2 nitrogen and oxygen atoms in total. The zero-order valence-electron chi connectivity index (χ0n) is 7.11. The quantitative estimate of drug-likeness (QED) is 0.852. The minimum atomic E-state index is 0. The number of hydrogen-bond donors (Lipinski definition) is 1. The SMILES string of the molecule is C=CC[C@@H](N)c1cncc(Br)c1.Cl. The van der Waals surface area contributed by atoms with E-state index in [-0.39, 0.29) is 18.4 Å². The highest BCUT2D eigenvalue weighted by molar-refractivity contribution is 9.10. The van der Waals surface area contributed by atoms with Crippen molar-refractivity contribution in [3.63, 3.8) is 0 Å². The van der Waals surface area contributed by atoms with E-state index in [1.807, 2.05) is 12.1 Å². The Morgan fingerprint density at radius 2 is 2.31 bits per heavy atom. The smallest absolute Gasteiger partial charge is 0.0410 e. The van der Waals surface area contributed by atoms with Crippen LogP contribution in [0.4, 0.5) is 0 Å². The average Bonchev–Trinajstić information content (AvgIpc) is 2.05. The van der Waals surface area contributed by atoms with Crippen LogP contribution in [0.2, 0.25) is 0 Å². The van der Waals surface area contributed by atoms with E-state index >= 15 is 0 Å². The summed E-state index contributed by atoms with van der Waals surface area (Å²) in [5, 5.41) is 0. The van der Waals surface area contributed by atoms with E-state index in [4.69, 9.17) is 5.73 Å². The second-order valence-corrected chi connectivity index (χ2v) is 3.48. The second kappa shape index (κ2) is 6.13. The molecule has 0 unspecified atom stereocenters. The van der Waals surface area contributed by atoms with Crippen molar-refractivity contribution in [2.24, 2.45) is 5.73 Å². The molecule has 0 fully saturated rings. The van der Waals surface area contributed by atoms with Crippen molar-refractivity contribution in [2.45, 2.75) is 12.5 Å². The first-order chi connectivity index (χ1) is 5.74. The summed E-state index contributed by atoms with van der Waals surface area (Å²) in [7, 11) is 0. The fraction of sp³-hybridized carbons (Fsp3) is 0.222. The van der Waals surface area contributed by atoms with Gasteiger partial charge in [0.15, 0.2) is 0 Å². The molecule has 1 rings (SSSR count). The van der Waals surface area contributed by atoms with E-state index in [1.165, 1.54) is 0 Å². The molecule has 2 N–H and O–H groups in total. The molecule has 0 aliphatic carbocycles. The molecular formula is C9H12BrClN2. The van der Waals surface area contributed by atoms with Gasteiger partial charge in [-0.15, -0.1) is 19.0 Å². The molecule has 0 radical (unpaired) electrons. The summed E-state index contributed by atoms with van der Waals surface area (Å²) in [4.78, 5) is 4.03. The predicted molar refractivity (Wildman–Crippen MR) is 60.9 cm³/mol. The minimum Gasteiger partial charge on any atom is -0.324 e. The van der Waals surface area contributed by atoms with Crippen molar-refractivity contribution in [1.29, 1.82) is 0 Å². The monoisotopic (exact) mass is 262 g/mol. The van der Waals surface area contributed by atoms with Crippen LogP contribution in [0.5, 0.6) is 0 Å². The largest absolute Gasteiger partial charge is 0.324 e. The van der Waals surface area contributed by atoms with Crippen LogP contribution in [0.1, 0.15) is 18.0 Å². The van der Waals surface area contributed by atoms with Gasteiger partial charge in [-0.25, -0.2) is 0 Å². The summed E-state index contributed by atoms with van der Waals surface area (Å²) >= 11 is 3.34. The van der Waals surface area contributed by atoms with Crippen molar-refractivity contribution in [3.8, 4) is 0 Å². The minimum absolute atomic E-state index is 0. The maximum Gasteiger partial charge on any atom is 0.0410 e. The molecule has 13 heavy (non-hydrogen) atoms. The topological polar surface area (TPSA) is 38.9 Å². The molecule has 0 saturated heterocycles. The van der Waals surface area contributed by atoms with Gasteiger partial charge in [0.2, 0.25) is 0 Å².